The van der Waals surface area contributed by atoms with Crippen LogP contribution in [0.1, 0.15) is 17.2 Å². The molecule has 1 atom stereocenters. The molecule has 0 saturated heterocycles. The van der Waals surface area contributed by atoms with Crippen molar-refractivity contribution in [3.05, 3.63) is 83.9 Å². The molecule has 0 saturated carbocycles. The lowest BCUT2D eigenvalue weighted by Crippen LogP contribution is -2.11. The molecule has 3 rings (SSSR count). The second-order valence-electron chi connectivity index (χ2n) is 4.58. The van der Waals surface area contributed by atoms with E-state index < -0.39 is 0 Å². The highest BCUT2D eigenvalue weighted by Crippen LogP contribution is 2.20. The Balaban J connectivity index is 1.88. The predicted octanol–water partition coefficient (Wildman–Crippen LogP) is 3.06. The van der Waals surface area contributed by atoms with Crippen LogP contribution < -0.4 is 5.73 Å². The standard InChI is InChI=1S/C16H14FN3/c17-14-8-6-12(7-9-14)16(18)13-10-19-20(11-13)15-4-2-1-3-5-15/h1-11,16H,18H2. The molecule has 2 aromatic carbocycles. The summed E-state index contributed by atoms with van der Waals surface area (Å²) < 4.78 is 14.7. The summed E-state index contributed by atoms with van der Waals surface area (Å²) in [5.41, 5.74) is 8.91. The summed E-state index contributed by atoms with van der Waals surface area (Å²) in [6.45, 7) is 0. The number of para-hydroxylation sites is 1. The summed E-state index contributed by atoms with van der Waals surface area (Å²) >= 11 is 0. The Morgan fingerprint density at radius 2 is 1.65 bits per heavy atom. The number of hydrogen-bond donors (Lipinski definition) is 1. The van der Waals surface area contributed by atoms with Gasteiger partial charge in [0, 0.05) is 11.8 Å². The van der Waals surface area contributed by atoms with Crippen LogP contribution in [-0.2, 0) is 0 Å². The van der Waals surface area contributed by atoms with Gasteiger partial charge in [0.2, 0.25) is 0 Å². The van der Waals surface area contributed by atoms with E-state index in [1.165, 1.54) is 12.1 Å². The molecule has 4 heteroatoms. The third kappa shape index (κ3) is 2.46. The van der Waals surface area contributed by atoms with Crippen molar-refractivity contribution in [3.63, 3.8) is 0 Å². The molecule has 0 aliphatic rings. The minimum atomic E-state index is -0.312. The molecule has 3 aromatic rings. The number of halogens is 1. The van der Waals surface area contributed by atoms with Gasteiger partial charge in [0.05, 0.1) is 17.9 Å². The fourth-order valence-electron chi connectivity index (χ4n) is 2.08. The number of aromatic nitrogens is 2. The van der Waals surface area contributed by atoms with Crippen LogP contribution in [0.15, 0.2) is 67.0 Å². The second-order valence-corrected chi connectivity index (χ2v) is 4.58. The normalized spacial score (nSPS) is 12.3. The van der Waals surface area contributed by atoms with E-state index in [0.29, 0.717) is 0 Å². The molecular formula is C16H14FN3. The molecule has 0 radical (unpaired) electrons. The minimum Gasteiger partial charge on any atom is -0.320 e. The fourth-order valence-corrected chi connectivity index (χ4v) is 2.08. The molecule has 2 N–H and O–H groups in total. The van der Waals surface area contributed by atoms with Gasteiger partial charge < -0.3 is 5.73 Å². The third-order valence-corrected chi connectivity index (χ3v) is 3.21. The topological polar surface area (TPSA) is 43.8 Å². The molecule has 0 spiro atoms. The number of benzene rings is 2. The van der Waals surface area contributed by atoms with E-state index in [0.717, 1.165) is 16.8 Å². The fraction of sp³-hybridized carbons (Fsp3) is 0.0625. The zero-order valence-corrected chi connectivity index (χ0v) is 10.8. The number of hydrogen-bond acceptors (Lipinski definition) is 2. The van der Waals surface area contributed by atoms with Gasteiger partial charge in [-0.25, -0.2) is 9.07 Å². The van der Waals surface area contributed by atoms with Crippen molar-refractivity contribution in [2.24, 2.45) is 5.73 Å². The van der Waals surface area contributed by atoms with E-state index in [9.17, 15) is 4.39 Å². The van der Waals surface area contributed by atoms with Crippen LogP contribution in [0.3, 0.4) is 0 Å². The first-order valence-electron chi connectivity index (χ1n) is 6.35. The molecule has 1 unspecified atom stereocenters. The van der Waals surface area contributed by atoms with E-state index in [4.69, 9.17) is 5.73 Å². The van der Waals surface area contributed by atoms with E-state index in [1.54, 1.807) is 23.0 Å². The van der Waals surface area contributed by atoms with Crippen molar-refractivity contribution < 1.29 is 4.39 Å². The van der Waals surface area contributed by atoms with Crippen molar-refractivity contribution in [2.45, 2.75) is 6.04 Å². The van der Waals surface area contributed by atoms with Crippen LogP contribution in [0.5, 0.6) is 0 Å². The average molecular weight is 267 g/mol. The summed E-state index contributed by atoms with van der Waals surface area (Å²) in [4.78, 5) is 0. The summed E-state index contributed by atoms with van der Waals surface area (Å²) in [7, 11) is 0. The lowest BCUT2D eigenvalue weighted by atomic mass is 10.0. The van der Waals surface area contributed by atoms with Gasteiger partial charge >= 0.3 is 0 Å². The highest BCUT2D eigenvalue weighted by atomic mass is 19.1. The summed E-state index contributed by atoms with van der Waals surface area (Å²) in [6.07, 6.45) is 3.63. The molecule has 1 aromatic heterocycles. The lowest BCUT2D eigenvalue weighted by Gasteiger charge is -2.09. The van der Waals surface area contributed by atoms with Crippen LogP contribution in [0.2, 0.25) is 0 Å². The highest BCUT2D eigenvalue weighted by Gasteiger charge is 2.11. The van der Waals surface area contributed by atoms with E-state index in [-0.39, 0.29) is 11.9 Å². The summed E-state index contributed by atoms with van der Waals surface area (Å²) in [5.74, 6) is -0.263. The third-order valence-electron chi connectivity index (χ3n) is 3.21. The second kappa shape index (κ2) is 5.27. The monoisotopic (exact) mass is 267 g/mol. The molecule has 100 valence electrons. The van der Waals surface area contributed by atoms with E-state index in [1.807, 2.05) is 36.5 Å². The average Bonchev–Trinajstić information content (AvgIpc) is 2.98. The molecule has 1 heterocycles. The smallest absolute Gasteiger partial charge is 0.123 e. The van der Waals surface area contributed by atoms with Crippen LogP contribution in [0, 0.1) is 5.82 Å². The van der Waals surface area contributed by atoms with Crippen molar-refractivity contribution in [1.82, 2.24) is 9.78 Å². The zero-order chi connectivity index (χ0) is 13.9. The number of nitrogens with two attached hydrogens (primary N) is 1. The highest BCUT2D eigenvalue weighted by molar-refractivity contribution is 5.34. The van der Waals surface area contributed by atoms with Crippen LogP contribution >= 0.6 is 0 Å². The Morgan fingerprint density at radius 1 is 0.950 bits per heavy atom. The van der Waals surface area contributed by atoms with Gasteiger partial charge in [-0.2, -0.15) is 5.10 Å². The zero-order valence-electron chi connectivity index (χ0n) is 10.8. The Hall–Kier alpha value is -2.46. The molecule has 0 amide bonds. The van der Waals surface area contributed by atoms with Gasteiger partial charge in [0.25, 0.3) is 0 Å². The molecule has 0 aliphatic carbocycles. The van der Waals surface area contributed by atoms with Gasteiger partial charge in [0.15, 0.2) is 0 Å². The maximum atomic E-state index is 12.9. The first-order valence-corrected chi connectivity index (χ1v) is 6.35. The molecule has 0 bridgehead atoms. The van der Waals surface area contributed by atoms with Gasteiger partial charge in [-0.15, -0.1) is 0 Å². The predicted molar refractivity (Wildman–Crippen MR) is 76.0 cm³/mol. The Morgan fingerprint density at radius 3 is 2.35 bits per heavy atom. The first-order chi connectivity index (χ1) is 9.74. The van der Waals surface area contributed by atoms with E-state index in [2.05, 4.69) is 5.10 Å². The minimum absolute atomic E-state index is 0.263. The maximum Gasteiger partial charge on any atom is 0.123 e. The van der Waals surface area contributed by atoms with Crippen molar-refractivity contribution >= 4 is 0 Å². The van der Waals surface area contributed by atoms with Crippen LogP contribution in [-0.4, -0.2) is 9.78 Å². The summed E-state index contributed by atoms with van der Waals surface area (Å²) in [6, 6.07) is 15.7. The first kappa shape index (κ1) is 12.6. The molecular weight excluding hydrogens is 253 g/mol. The molecule has 0 aliphatic heterocycles. The summed E-state index contributed by atoms with van der Waals surface area (Å²) in [5, 5.41) is 4.31. The van der Waals surface area contributed by atoms with Crippen molar-refractivity contribution in [1.29, 1.82) is 0 Å². The van der Waals surface area contributed by atoms with Gasteiger partial charge in [0.1, 0.15) is 5.82 Å². The molecule has 3 nitrogen and oxygen atoms in total. The quantitative estimate of drug-likeness (QED) is 0.792. The van der Waals surface area contributed by atoms with E-state index >= 15 is 0 Å². The lowest BCUT2D eigenvalue weighted by molar-refractivity contribution is 0.626. The van der Waals surface area contributed by atoms with Crippen LogP contribution in [0.4, 0.5) is 4.39 Å². The maximum absolute atomic E-state index is 12.9. The molecule has 20 heavy (non-hydrogen) atoms. The van der Waals surface area contributed by atoms with Crippen molar-refractivity contribution in [2.75, 3.05) is 0 Å². The van der Waals surface area contributed by atoms with Gasteiger partial charge in [-0.05, 0) is 29.8 Å². The Kier molecular flexibility index (Phi) is 3.31. The number of rotatable bonds is 3. The van der Waals surface area contributed by atoms with Crippen LogP contribution in [0.25, 0.3) is 5.69 Å². The van der Waals surface area contributed by atoms with Gasteiger partial charge in [-0.3, -0.25) is 0 Å². The Labute approximate surface area is 116 Å². The SMILES string of the molecule is NC(c1ccc(F)cc1)c1cnn(-c2ccccc2)c1. The Bertz CT molecular complexity index is 689. The number of nitrogens with zero attached hydrogens (tertiary/aromatic N) is 2. The van der Waals surface area contributed by atoms with Gasteiger partial charge in [-0.1, -0.05) is 30.3 Å². The van der Waals surface area contributed by atoms with Crippen molar-refractivity contribution in [3.8, 4) is 5.69 Å². The largest absolute Gasteiger partial charge is 0.320 e. The molecule has 0 fully saturated rings.